The summed E-state index contributed by atoms with van der Waals surface area (Å²) in [5.41, 5.74) is 0.685. The van der Waals surface area contributed by atoms with Crippen LogP contribution in [0.15, 0.2) is 34.2 Å². The predicted molar refractivity (Wildman–Crippen MR) is 109 cm³/mol. The number of nitrogens with one attached hydrogen (secondary N) is 2. The van der Waals surface area contributed by atoms with E-state index in [1.165, 1.54) is 22.5 Å². The minimum atomic E-state index is -0.994. The first kappa shape index (κ1) is 19.2. The summed E-state index contributed by atoms with van der Waals surface area (Å²) in [6.45, 7) is 3.83. The minimum absolute atomic E-state index is 0.0746. The molecule has 1 atom stereocenters. The summed E-state index contributed by atoms with van der Waals surface area (Å²) < 4.78 is 3.87. The molecule has 1 unspecified atom stereocenters. The average Bonchev–Trinajstić information content (AvgIpc) is 3.15. The second-order valence-corrected chi connectivity index (χ2v) is 7.07. The van der Waals surface area contributed by atoms with Crippen molar-refractivity contribution >= 4 is 22.7 Å². The zero-order valence-electron chi connectivity index (χ0n) is 16.4. The molecule has 11 nitrogen and oxygen atoms in total. The Morgan fingerprint density at radius 1 is 1.17 bits per heavy atom. The molecule has 0 bridgehead atoms. The molecule has 4 heterocycles. The van der Waals surface area contributed by atoms with Crippen molar-refractivity contribution in [3.8, 4) is 0 Å². The van der Waals surface area contributed by atoms with Gasteiger partial charge in [0.2, 0.25) is 0 Å². The molecule has 0 spiro atoms. The summed E-state index contributed by atoms with van der Waals surface area (Å²) in [6, 6.07) is 3.78. The highest BCUT2D eigenvalue weighted by molar-refractivity contribution is 5.70. The third-order valence-electron chi connectivity index (χ3n) is 5.13. The fourth-order valence-corrected chi connectivity index (χ4v) is 3.52. The molecule has 3 aromatic rings. The van der Waals surface area contributed by atoms with Gasteiger partial charge in [0.1, 0.15) is 12.0 Å². The van der Waals surface area contributed by atoms with Gasteiger partial charge in [-0.1, -0.05) is 0 Å². The van der Waals surface area contributed by atoms with E-state index in [0.717, 1.165) is 36.4 Å². The Bertz CT molecular complexity index is 1120. The number of aliphatic hydroxyl groups excluding tert-OH is 1. The number of imidazole rings is 1. The smallest absolute Gasteiger partial charge is 0.332 e. The van der Waals surface area contributed by atoms with E-state index < -0.39 is 17.5 Å². The lowest BCUT2D eigenvalue weighted by Gasteiger charge is -2.29. The van der Waals surface area contributed by atoms with Crippen LogP contribution < -0.4 is 26.8 Å². The van der Waals surface area contributed by atoms with E-state index in [2.05, 4.69) is 25.5 Å². The predicted octanol–water partition coefficient (Wildman–Crippen LogP) is -1.33. The topological polar surface area (TPSA) is 122 Å². The van der Waals surface area contributed by atoms with Gasteiger partial charge in [-0.3, -0.25) is 13.9 Å². The van der Waals surface area contributed by atoms with Gasteiger partial charge in [-0.05, 0) is 12.1 Å². The largest absolute Gasteiger partial charge is 0.372 e. The summed E-state index contributed by atoms with van der Waals surface area (Å²) in [5.74, 6) is 0.529. The highest BCUT2D eigenvalue weighted by Crippen LogP contribution is 2.16. The molecule has 11 heteroatoms. The lowest BCUT2D eigenvalue weighted by atomic mass is 10.3. The molecule has 0 aliphatic carbocycles. The molecular formula is C18H24N8O3. The number of fused-ring (bicyclic) bond motifs is 1. The molecule has 3 aromatic heterocycles. The minimum Gasteiger partial charge on any atom is -0.372 e. The van der Waals surface area contributed by atoms with E-state index in [4.69, 9.17) is 0 Å². The van der Waals surface area contributed by atoms with Crippen molar-refractivity contribution in [1.82, 2.24) is 29.0 Å². The van der Waals surface area contributed by atoms with Crippen LogP contribution in [0, 0.1) is 0 Å². The number of aliphatic hydroxyl groups is 1. The van der Waals surface area contributed by atoms with Crippen LogP contribution in [0.3, 0.4) is 0 Å². The van der Waals surface area contributed by atoms with Gasteiger partial charge in [0.25, 0.3) is 5.56 Å². The Balaban J connectivity index is 1.49. The van der Waals surface area contributed by atoms with Gasteiger partial charge in [0.15, 0.2) is 11.2 Å². The quantitative estimate of drug-likeness (QED) is 0.450. The van der Waals surface area contributed by atoms with Crippen molar-refractivity contribution in [2.45, 2.75) is 12.8 Å². The van der Waals surface area contributed by atoms with Crippen LogP contribution in [0.4, 0.5) is 11.5 Å². The van der Waals surface area contributed by atoms with E-state index in [-0.39, 0.29) is 17.7 Å². The number of aryl methyl sites for hydroxylation is 1. The van der Waals surface area contributed by atoms with Crippen LogP contribution in [-0.2, 0) is 20.6 Å². The second kappa shape index (κ2) is 7.68. The van der Waals surface area contributed by atoms with Gasteiger partial charge in [-0.2, -0.15) is 0 Å². The fraction of sp³-hybridized carbons (Fsp3) is 0.444. The number of aromatic nitrogens is 5. The van der Waals surface area contributed by atoms with E-state index in [0.29, 0.717) is 5.82 Å². The molecule has 0 aromatic carbocycles. The fourth-order valence-electron chi connectivity index (χ4n) is 3.52. The molecule has 29 heavy (non-hydrogen) atoms. The zero-order chi connectivity index (χ0) is 20.5. The van der Waals surface area contributed by atoms with Gasteiger partial charge in [-0.15, -0.1) is 0 Å². The van der Waals surface area contributed by atoms with Gasteiger partial charge in [-0.25, -0.2) is 14.8 Å². The normalized spacial score (nSPS) is 15.6. The summed E-state index contributed by atoms with van der Waals surface area (Å²) in [7, 11) is 2.97. The van der Waals surface area contributed by atoms with Crippen LogP contribution in [0.25, 0.3) is 11.2 Å². The Labute approximate surface area is 166 Å². The maximum Gasteiger partial charge on any atom is 0.332 e. The Kier molecular flexibility index (Phi) is 5.07. The maximum absolute atomic E-state index is 12.5. The highest BCUT2D eigenvalue weighted by atomic mass is 16.3. The first-order chi connectivity index (χ1) is 14.0. The lowest BCUT2D eigenvalue weighted by molar-refractivity contribution is 0.183. The average molecular weight is 400 g/mol. The Morgan fingerprint density at radius 2 is 1.93 bits per heavy atom. The number of anilines is 2. The first-order valence-electron chi connectivity index (χ1n) is 9.43. The maximum atomic E-state index is 12.5. The van der Waals surface area contributed by atoms with Crippen molar-refractivity contribution in [3.05, 3.63) is 45.5 Å². The van der Waals surface area contributed by atoms with Crippen LogP contribution in [0.2, 0.25) is 0 Å². The SMILES string of the molecule is Cn1c(=O)c2c(ncn2CC(O)Nc2ccc(N3CCNCC3)cn2)n(C)c1=O. The number of rotatable bonds is 5. The molecule has 0 amide bonds. The summed E-state index contributed by atoms with van der Waals surface area (Å²) in [6.07, 6.45) is 2.22. The Morgan fingerprint density at radius 3 is 2.62 bits per heavy atom. The van der Waals surface area contributed by atoms with Crippen molar-refractivity contribution in [3.63, 3.8) is 0 Å². The summed E-state index contributed by atoms with van der Waals surface area (Å²) in [5, 5.41) is 16.7. The number of hydrogen-bond acceptors (Lipinski definition) is 8. The monoisotopic (exact) mass is 400 g/mol. The van der Waals surface area contributed by atoms with E-state index in [1.807, 2.05) is 12.1 Å². The van der Waals surface area contributed by atoms with Crippen LogP contribution in [-0.4, -0.2) is 61.2 Å². The standard InChI is InChI=1S/C18H24N8O3/c1-23-16-15(17(28)24(2)18(23)29)26(11-21-16)10-14(27)22-13-4-3-12(9-20-13)25-7-5-19-6-8-25/h3-4,9,11,14,19,27H,5-8,10H2,1-2H3,(H,20,22). The van der Waals surface area contributed by atoms with Crippen LogP contribution >= 0.6 is 0 Å². The van der Waals surface area contributed by atoms with Crippen LogP contribution in [0.1, 0.15) is 0 Å². The molecule has 0 radical (unpaired) electrons. The van der Waals surface area contributed by atoms with Gasteiger partial charge in [0, 0.05) is 40.3 Å². The van der Waals surface area contributed by atoms with Gasteiger partial charge >= 0.3 is 5.69 Å². The lowest BCUT2D eigenvalue weighted by Crippen LogP contribution is -2.43. The second-order valence-electron chi connectivity index (χ2n) is 7.07. The van der Waals surface area contributed by atoms with E-state index in [1.54, 1.807) is 13.2 Å². The molecule has 1 aliphatic heterocycles. The van der Waals surface area contributed by atoms with Gasteiger partial charge < -0.3 is 25.2 Å². The third kappa shape index (κ3) is 3.61. The van der Waals surface area contributed by atoms with Crippen LogP contribution in [0.5, 0.6) is 0 Å². The number of piperazine rings is 1. The van der Waals surface area contributed by atoms with Gasteiger partial charge in [0.05, 0.1) is 24.8 Å². The molecule has 1 aliphatic rings. The molecule has 154 valence electrons. The van der Waals surface area contributed by atoms with Crippen molar-refractivity contribution in [1.29, 1.82) is 0 Å². The van der Waals surface area contributed by atoms with E-state index >= 15 is 0 Å². The van der Waals surface area contributed by atoms with E-state index in [9.17, 15) is 14.7 Å². The number of hydrogen-bond donors (Lipinski definition) is 3. The summed E-state index contributed by atoms with van der Waals surface area (Å²) >= 11 is 0. The first-order valence-corrected chi connectivity index (χ1v) is 9.43. The molecule has 0 saturated carbocycles. The zero-order valence-corrected chi connectivity index (χ0v) is 16.4. The third-order valence-corrected chi connectivity index (χ3v) is 5.13. The molecule has 1 fully saturated rings. The Hall–Kier alpha value is -3.18. The van der Waals surface area contributed by atoms with Crippen molar-refractivity contribution in [2.75, 3.05) is 36.4 Å². The highest BCUT2D eigenvalue weighted by Gasteiger charge is 2.17. The molecular weight excluding hydrogens is 376 g/mol. The van der Waals surface area contributed by atoms with Crippen molar-refractivity contribution in [2.24, 2.45) is 14.1 Å². The molecule has 3 N–H and O–H groups in total. The molecule has 4 rings (SSSR count). The number of pyridine rings is 1. The molecule has 1 saturated heterocycles. The van der Waals surface area contributed by atoms with Crippen molar-refractivity contribution < 1.29 is 5.11 Å². The number of nitrogens with zero attached hydrogens (tertiary/aromatic N) is 6. The summed E-state index contributed by atoms with van der Waals surface area (Å²) in [4.78, 5) is 35.3.